The van der Waals surface area contributed by atoms with Gasteiger partial charge in [-0.3, -0.25) is 4.79 Å². The first kappa shape index (κ1) is 12.6. The second-order valence-electron chi connectivity index (χ2n) is 3.75. The van der Waals surface area contributed by atoms with Gasteiger partial charge in [-0.1, -0.05) is 68.3 Å². The molecule has 0 fully saturated rings. The lowest BCUT2D eigenvalue weighted by atomic mass is 10.0. The molecule has 0 aromatic heterocycles. The van der Waals surface area contributed by atoms with Crippen LogP contribution in [0.1, 0.15) is 10.4 Å². The maximum atomic E-state index is 10.9. The molecule has 0 aliphatic carbocycles. The lowest BCUT2D eigenvalue weighted by Crippen LogP contribution is -2.17. The van der Waals surface area contributed by atoms with Gasteiger partial charge in [0.1, 0.15) is 4.83 Å². The summed E-state index contributed by atoms with van der Waals surface area (Å²) >= 11 is 6.57. The number of carboxylic acid groups (broad SMARTS) is 1. The molecular weight excluding hydrogens is 348 g/mol. The van der Waals surface area contributed by atoms with Crippen LogP contribution in [0.5, 0.6) is 0 Å². The van der Waals surface area contributed by atoms with Gasteiger partial charge in [0.15, 0.2) is 0 Å². The maximum absolute atomic E-state index is 10.9. The van der Waals surface area contributed by atoms with Crippen LogP contribution in [0.2, 0.25) is 0 Å². The summed E-state index contributed by atoms with van der Waals surface area (Å²) in [6.45, 7) is 0. The van der Waals surface area contributed by atoms with Crippen LogP contribution in [-0.2, 0) is 4.79 Å². The Hall–Kier alpha value is -0.870. The largest absolute Gasteiger partial charge is 0.480 e. The van der Waals surface area contributed by atoms with Gasteiger partial charge in [-0.25, -0.2) is 0 Å². The molecule has 0 aliphatic heterocycles. The Kier molecular flexibility index (Phi) is 3.84. The van der Waals surface area contributed by atoms with Gasteiger partial charge in [0.05, 0.1) is 4.83 Å². The van der Waals surface area contributed by atoms with Crippen LogP contribution in [0.15, 0.2) is 42.5 Å². The molecule has 0 unspecified atom stereocenters. The fourth-order valence-electron chi connectivity index (χ4n) is 1.67. The zero-order chi connectivity index (χ0) is 12.4. The van der Waals surface area contributed by atoms with Gasteiger partial charge < -0.3 is 5.11 Å². The first-order valence-electron chi connectivity index (χ1n) is 5.09. The van der Waals surface area contributed by atoms with Crippen molar-refractivity contribution in [3.63, 3.8) is 0 Å². The van der Waals surface area contributed by atoms with E-state index in [0.717, 1.165) is 16.3 Å². The quantitative estimate of drug-likeness (QED) is 0.839. The van der Waals surface area contributed by atoms with Crippen LogP contribution in [0.3, 0.4) is 0 Å². The van der Waals surface area contributed by atoms with Crippen LogP contribution in [0.4, 0.5) is 0 Å². The molecule has 0 saturated heterocycles. The molecule has 4 heteroatoms. The lowest BCUT2D eigenvalue weighted by Gasteiger charge is -2.13. The number of carbonyl (C=O) groups is 1. The van der Waals surface area contributed by atoms with Gasteiger partial charge in [-0.15, -0.1) is 0 Å². The van der Waals surface area contributed by atoms with Crippen LogP contribution >= 0.6 is 31.9 Å². The highest BCUT2D eigenvalue weighted by Crippen LogP contribution is 2.33. The average molecular weight is 358 g/mol. The molecule has 2 atom stereocenters. The van der Waals surface area contributed by atoms with Gasteiger partial charge in [-0.05, 0) is 22.4 Å². The Bertz CT molecular complexity index is 554. The van der Waals surface area contributed by atoms with Crippen molar-refractivity contribution in [3.8, 4) is 0 Å². The molecule has 0 bridgehead atoms. The number of hydrogen-bond donors (Lipinski definition) is 1. The fourth-order valence-corrected chi connectivity index (χ4v) is 2.49. The van der Waals surface area contributed by atoms with E-state index in [0.29, 0.717) is 0 Å². The second-order valence-corrected chi connectivity index (χ2v) is 5.72. The predicted octanol–water partition coefficient (Wildman–Crippen LogP) is 4.12. The molecule has 2 nitrogen and oxygen atoms in total. The van der Waals surface area contributed by atoms with Gasteiger partial charge in [0.25, 0.3) is 0 Å². The third-order valence-corrected chi connectivity index (χ3v) is 5.27. The van der Waals surface area contributed by atoms with Crippen LogP contribution in [-0.4, -0.2) is 15.9 Å². The van der Waals surface area contributed by atoms with Crippen LogP contribution in [0, 0.1) is 0 Å². The Morgan fingerprint density at radius 3 is 2.35 bits per heavy atom. The number of hydrogen-bond acceptors (Lipinski definition) is 1. The molecule has 0 saturated carbocycles. The monoisotopic (exact) mass is 356 g/mol. The third-order valence-electron chi connectivity index (χ3n) is 2.58. The topological polar surface area (TPSA) is 37.3 Å². The molecule has 2 rings (SSSR count). The third kappa shape index (κ3) is 2.69. The van der Waals surface area contributed by atoms with Crippen molar-refractivity contribution in [1.82, 2.24) is 0 Å². The summed E-state index contributed by atoms with van der Waals surface area (Å²) in [5.74, 6) is -0.875. The van der Waals surface area contributed by atoms with E-state index in [-0.39, 0.29) is 4.83 Å². The Morgan fingerprint density at radius 2 is 1.71 bits per heavy atom. The van der Waals surface area contributed by atoms with Crippen molar-refractivity contribution in [2.75, 3.05) is 0 Å². The first-order chi connectivity index (χ1) is 8.09. The summed E-state index contributed by atoms with van der Waals surface area (Å²) < 4.78 is 0. The molecule has 0 radical (unpaired) electrons. The zero-order valence-electron chi connectivity index (χ0n) is 8.81. The molecule has 17 heavy (non-hydrogen) atoms. The SMILES string of the molecule is O=C(O)[C@@H](Br)[C@@H](Br)c1ccc2ccccc2c1. The van der Waals surface area contributed by atoms with E-state index in [9.17, 15) is 4.79 Å². The molecule has 1 N–H and O–H groups in total. The summed E-state index contributed by atoms with van der Waals surface area (Å²) in [5, 5.41) is 11.2. The highest BCUT2D eigenvalue weighted by Gasteiger charge is 2.24. The summed E-state index contributed by atoms with van der Waals surface area (Å²) in [7, 11) is 0. The number of alkyl halides is 2. The van der Waals surface area contributed by atoms with E-state index >= 15 is 0 Å². The van der Waals surface area contributed by atoms with E-state index in [2.05, 4.69) is 31.9 Å². The Labute approximate surface area is 116 Å². The van der Waals surface area contributed by atoms with E-state index in [4.69, 9.17) is 5.11 Å². The summed E-state index contributed by atoms with van der Waals surface area (Å²) in [5.41, 5.74) is 0.952. The zero-order valence-corrected chi connectivity index (χ0v) is 12.0. The van der Waals surface area contributed by atoms with Gasteiger partial charge in [0.2, 0.25) is 0 Å². The fraction of sp³-hybridized carbons (Fsp3) is 0.154. The highest BCUT2D eigenvalue weighted by atomic mass is 79.9. The number of benzene rings is 2. The van der Waals surface area contributed by atoms with E-state index < -0.39 is 10.8 Å². The van der Waals surface area contributed by atoms with Crippen molar-refractivity contribution >= 4 is 48.6 Å². The minimum atomic E-state index is -0.875. The maximum Gasteiger partial charge on any atom is 0.318 e. The van der Waals surface area contributed by atoms with Gasteiger partial charge in [-0.2, -0.15) is 0 Å². The van der Waals surface area contributed by atoms with E-state index in [1.54, 1.807) is 0 Å². The molecule has 0 amide bonds. The summed E-state index contributed by atoms with van der Waals surface area (Å²) in [6.07, 6.45) is 0. The van der Waals surface area contributed by atoms with E-state index in [1.165, 1.54) is 0 Å². The van der Waals surface area contributed by atoms with Crippen LogP contribution in [0.25, 0.3) is 10.8 Å². The molecular formula is C13H10Br2O2. The number of carboxylic acids is 1. The van der Waals surface area contributed by atoms with Crippen molar-refractivity contribution in [3.05, 3.63) is 48.0 Å². The molecule has 2 aromatic carbocycles. The lowest BCUT2D eigenvalue weighted by molar-refractivity contribution is -0.136. The minimum Gasteiger partial charge on any atom is -0.480 e. The van der Waals surface area contributed by atoms with Crippen molar-refractivity contribution in [1.29, 1.82) is 0 Å². The number of halogens is 2. The van der Waals surface area contributed by atoms with Crippen LogP contribution < -0.4 is 0 Å². The Morgan fingerprint density at radius 1 is 1.06 bits per heavy atom. The average Bonchev–Trinajstić information content (AvgIpc) is 2.36. The predicted molar refractivity (Wildman–Crippen MR) is 76.0 cm³/mol. The first-order valence-corrected chi connectivity index (χ1v) is 6.92. The van der Waals surface area contributed by atoms with Gasteiger partial charge >= 0.3 is 5.97 Å². The van der Waals surface area contributed by atoms with Crippen molar-refractivity contribution in [2.24, 2.45) is 0 Å². The molecule has 0 spiro atoms. The molecule has 88 valence electrons. The second kappa shape index (κ2) is 5.19. The molecule has 0 aliphatic rings. The smallest absolute Gasteiger partial charge is 0.318 e. The summed E-state index contributed by atoms with van der Waals surface area (Å²) in [6, 6.07) is 14.0. The number of fused-ring (bicyclic) bond motifs is 1. The minimum absolute atomic E-state index is 0.246. The van der Waals surface area contributed by atoms with Crippen molar-refractivity contribution in [2.45, 2.75) is 9.65 Å². The molecule has 0 heterocycles. The molecule has 2 aromatic rings. The standard InChI is InChI=1S/C13H10Br2O2/c14-11(12(15)13(16)17)10-6-5-8-3-1-2-4-9(8)7-10/h1-7,11-12H,(H,16,17)/t11-,12-/m0/s1. The van der Waals surface area contributed by atoms with Gasteiger partial charge in [0, 0.05) is 0 Å². The number of aliphatic carboxylic acids is 1. The summed E-state index contributed by atoms with van der Waals surface area (Å²) in [4.78, 5) is 10.0. The highest BCUT2D eigenvalue weighted by molar-refractivity contribution is 9.12. The normalized spacial score (nSPS) is 14.5. The van der Waals surface area contributed by atoms with E-state index in [1.807, 2.05) is 42.5 Å². The number of rotatable bonds is 3. The Balaban J connectivity index is 2.39. The van der Waals surface area contributed by atoms with Crippen molar-refractivity contribution < 1.29 is 9.90 Å².